The van der Waals surface area contributed by atoms with Crippen molar-refractivity contribution in [3.05, 3.63) is 29.8 Å². The van der Waals surface area contributed by atoms with Gasteiger partial charge < -0.3 is 10.2 Å². The van der Waals surface area contributed by atoms with Crippen molar-refractivity contribution >= 4 is 17.5 Å². The number of hydrogen-bond acceptors (Lipinski definition) is 2. The van der Waals surface area contributed by atoms with Gasteiger partial charge >= 0.3 is 6.03 Å². The maximum atomic E-state index is 12.3. The van der Waals surface area contributed by atoms with Crippen LogP contribution in [0.2, 0.25) is 0 Å². The van der Waals surface area contributed by atoms with Crippen LogP contribution in [-0.4, -0.2) is 29.3 Å². The van der Waals surface area contributed by atoms with Crippen molar-refractivity contribution in [3.63, 3.8) is 0 Å². The molecule has 0 aliphatic heterocycles. The summed E-state index contributed by atoms with van der Waals surface area (Å²) < 4.78 is 0. The van der Waals surface area contributed by atoms with Gasteiger partial charge in [-0.3, -0.25) is 4.79 Å². The molecule has 21 heavy (non-hydrogen) atoms. The molecule has 4 nitrogen and oxygen atoms in total. The number of amides is 2. The Morgan fingerprint density at radius 3 is 2.24 bits per heavy atom. The van der Waals surface area contributed by atoms with Crippen molar-refractivity contribution in [2.45, 2.75) is 53.0 Å². The van der Waals surface area contributed by atoms with E-state index in [1.807, 2.05) is 18.7 Å². The minimum absolute atomic E-state index is 0.0243. The van der Waals surface area contributed by atoms with Crippen molar-refractivity contribution in [1.82, 2.24) is 4.90 Å². The van der Waals surface area contributed by atoms with E-state index in [1.54, 1.807) is 24.3 Å². The van der Waals surface area contributed by atoms with E-state index in [0.717, 1.165) is 25.8 Å². The van der Waals surface area contributed by atoms with Gasteiger partial charge in [0.1, 0.15) is 0 Å². The fourth-order valence-corrected chi connectivity index (χ4v) is 2.11. The molecule has 1 rings (SSSR count). The number of nitrogens with one attached hydrogen (secondary N) is 1. The molecular formula is C17H26N2O2. The molecule has 2 amide bonds. The monoisotopic (exact) mass is 290 g/mol. The Kier molecular flexibility index (Phi) is 6.92. The number of carbonyl (C=O) groups excluding carboxylic acids is 2. The number of anilines is 1. The summed E-state index contributed by atoms with van der Waals surface area (Å²) in [5, 5.41) is 2.89. The molecule has 0 saturated heterocycles. The lowest BCUT2D eigenvalue weighted by atomic mass is 10.1. The van der Waals surface area contributed by atoms with E-state index in [4.69, 9.17) is 0 Å². The second kappa shape index (κ2) is 8.45. The lowest BCUT2D eigenvalue weighted by Crippen LogP contribution is -2.40. The molecule has 0 aromatic heterocycles. The second-order valence-electron chi connectivity index (χ2n) is 5.56. The van der Waals surface area contributed by atoms with Crippen molar-refractivity contribution in [2.75, 3.05) is 11.9 Å². The number of nitrogens with zero attached hydrogens (tertiary/aromatic N) is 1. The Morgan fingerprint density at radius 1 is 1.14 bits per heavy atom. The van der Waals surface area contributed by atoms with Crippen LogP contribution in [0.15, 0.2) is 24.3 Å². The molecule has 1 aromatic rings. The van der Waals surface area contributed by atoms with E-state index < -0.39 is 0 Å². The molecule has 0 saturated carbocycles. The number of carbonyl (C=O) groups is 2. The van der Waals surface area contributed by atoms with E-state index in [1.165, 1.54) is 6.92 Å². The highest BCUT2D eigenvalue weighted by Gasteiger charge is 2.16. The molecule has 0 unspecified atom stereocenters. The van der Waals surface area contributed by atoms with Crippen molar-refractivity contribution in [1.29, 1.82) is 0 Å². The highest BCUT2D eigenvalue weighted by atomic mass is 16.2. The standard InChI is InChI=1S/C17H26N2O2/c1-5-6-7-12-19(13(2)3)17(21)18-16-10-8-15(9-11-16)14(4)20/h8-11,13H,5-7,12H2,1-4H3,(H,18,21). The van der Waals surface area contributed by atoms with Crippen molar-refractivity contribution in [3.8, 4) is 0 Å². The van der Waals surface area contributed by atoms with Crippen molar-refractivity contribution in [2.24, 2.45) is 0 Å². The molecule has 1 aromatic carbocycles. The quantitative estimate of drug-likeness (QED) is 0.600. The average Bonchev–Trinajstić information content (AvgIpc) is 2.43. The van der Waals surface area contributed by atoms with Gasteiger partial charge in [0, 0.05) is 23.8 Å². The average molecular weight is 290 g/mol. The van der Waals surface area contributed by atoms with Gasteiger partial charge in [0.05, 0.1) is 0 Å². The van der Waals surface area contributed by atoms with Gasteiger partial charge in [0.25, 0.3) is 0 Å². The zero-order chi connectivity index (χ0) is 15.8. The van der Waals surface area contributed by atoms with Crippen LogP contribution < -0.4 is 5.32 Å². The molecule has 0 radical (unpaired) electrons. The predicted octanol–water partition coefficient (Wildman–Crippen LogP) is 4.32. The number of Topliss-reactive ketones (excluding diaryl/α,β-unsaturated/α-hetero) is 1. The van der Waals surface area contributed by atoms with E-state index >= 15 is 0 Å². The highest BCUT2D eigenvalue weighted by molar-refractivity contribution is 5.95. The predicted molar refractivity (Wildman–Crippen MR) is 86.8 cm³/mol. The molecule has 0 bridgehead atoms. The summed E-state index contributed by atoms with van der Waals surface area (Å²) in [5.74, 6) is 0.0243. The Labute approximate surface area is 127 Å². The van der Waals surface area contributed by atoms with Gasteiger partial charge in [0.15, 0.2) is 5.78 Å². The first-order valence-electron chi connectivity index (χ1n) is 7.64. The highest BCUT2D eigenvalue weighted by Crippen LogP contribution is 2.12. The van der Waals surface area contributed by atoms with Gasteiger partial charge in [0.2, 0.25) is 0 Å². The molecule has 0 atom stereocenters. The summed E-state index contributed by atoms with van der Waals surface area (Å²) in [6.45, 7) is 8.48. The van der Waals surface area contributed by atoms with Crippen LogP contribution in [0.25, 0.3) is 0 Å². The van der Waals surface area contributed by atoms with Crippen LogP contribution in [0.5, 0.6) is 0 Å². The third-order valence-corrected chi connectivity index (χ3v) is 3.43. The minimum atomic E-state index is -0.0864. The van der Waals surface area contributed by atoms with Gasteiger partial charge in [-0.1, -0.05) is 19.8 Å². The number of unbranched alkanes of at least 4 members (excludes halogenated alkanes) is 2. The zero-order valence-electron chi connectivity index (χ0n) is 13.5. The van der Waals surface area contributed by atoms with E-state index in [0.29, 0.717) is 11.3 Å². The van der Waals surface area contributed by atoms with E-state index in [2.05, 4.69) is 12.2 Å². The molecule has 1 N–H and O–H groups in total. The molecule has 0 fully saturated rings. The number of urea groups is 1. The molecule has 0 aliphatic carbocycles. The summed E-state index contributed by atoms with van der Waals surface area (Å²) in [4.78, 5) is 25.4. The minimum Gasteiger partial charge on any atom is -0.322 e. The van der Waals surface area contributed by atoms with Crippen molar-refractivity contribution < 1.29 is 9.59 Å². The molecular weight excluding hydrogens is 264 g/mol. The Bertz CT molecular complexity index is 466. The first-order chi connectivity index (χ1) is 9.95. The number of hydrogen-bond donors (Lipinski definition) is 1. The maximum absolute atomic E-state index is 12.3. The first-order valence-corrected chi connectivity index (χ1v) is 7.64. The first kappa shape index (κ1) is 17.2. The van der Waals surface area contributed by atoms with Gasteiger partial charge in [-0.2, -0.15) is 0 Å². The molecule has 0 aliphatic rings. The Balaban J connectivity index is 2.65. The normalized spacial score (nSPS) is 10.5. The summed E-state index contributed by atoms with van der Waals surface area (Å²) in [6.07, 6.45) is 3.29. The number of benzene rings is 1. The Hall–Kier alpha value is -1.84. The lowest BCUT2D eigenvalue weighted by molar-refractivity contribution is 0.101. The van der Waals surface area contributed by atoms with Crippen LogP contribution in [0, 0.1) is 0 Å². The van der Waals surface area contributed by atoms with Crippen LogP contribution >= 0.6 is 0 Å². The lowest BCUT2D eigenvalue weighted by Gasteiger charge is -2.27. The number of ketones is 1. The summed E-state index contributed by atoms with van der Waals surface area (Å²) in [5.41, 5.74) is 1.36. The largest absolute Gasteiger partial charge is 0.322 e. The molecule has 4 heteroatoms. The third kappa shape index (κ3) is 5.58. The van der Waals surface area contributed by atoms with E-state index in [-0.39, 0.29) is 17.9 Å². The number of rotatable bonds is 7. The maximum Gasteiger partial charge on any atom is 0.322 e. The summed E-state index contributed by atoms with van der Waals surface area (Å²) >= 11 is 0. The van der Waals surface area contributed by atoms with Gasteiger partial charge in [-0.25, -0.2) is 4.79 Å². The van der Waals surface area contributed by atoms with Gasteiger partial charge in [-0.15, -0.1) is 0 Å². The summed E-state index contributed by atoms with van der Waals surface area (Å²) in [6, 6.07) is 7.07. The second-order valence-corrected chi connectivity index (χ2v) is 5.56. The van der Waals surface area contributed by atoms with Gasteiger partial charge in [-0.05, 0) is 51.5 Å². The third-order valence-electron chi connectivity index (χ3n) is 3.43. The van der Waals surface area contributed by atoms with Crippen LogP contribution in [-0.2, 0) is 0 Å². The fraction of sp³-hybridized carbons (Fsp3) is 0.529. The van der Waals surface area contributed by atoms with Crippen LogP contribution in [0.4, 0.5) is 10.5 Å². The molecule has 116 valence electrons. The zero-order valence-corrected chi connectivity index (χ0v) is 13.5. The fourth-order valence-electron chi connectivity index (χ4n) is 2.11. The summed E-state index contributed by atoms with van der Waals surface area (Å²) in [7, 11) is 0. The molecule has 0 spiro atoms. The molecule has 0 heterocycles. The SMILES string of the molecule is CCCCCN(C(=O)Nc1ccc(C(C)=O)cc1)C(C)C. The van der Waals surface area contributed by atoms with E-state index in [9.17, 15) is 9.59 Å². The topological polar surface area (TPSA) is 49.4 Å². The Morgan fingerprint density at radius 2 is 1.76 bits per heavy atom. The van der Waals surface area contributed by atoms with Crippen LogP contribution in [0.1, 0.15) is 57.3 Å². The smallest absolute Gasteiger partial charge is 0.322 e. The van der Waals surface area contributed by atoms with Crippen LogP contribution in [0.3, 0.4) is 0 Å².